The first-order chi connectivity index (χ1) is 15.4. The third kappa shape index (κ3) is 12.8. The maximum absolute atomic E-state index is 12.9. The number of hydrogen-bond acceptors (Lipinski definition) is 6. The molecule has 2 amide bonds. The molecule has 0 saturated carbocycles. The van der Waals surface area contributed by atoms with Crippen LogP contribution in [0, 0.1) is 5.92 Å². The molecule has 1 aromatic rings. The van der Waals surface area contributed by atoms with Crippen LogP contribution in [0.15, 0.2) is 30.3 Å². The second-order valence-electron chi connectivity index (χ2n) is 8.90. The van der Waals surface area contributed by atoms with Gasteiger partial charge in [0.25, 0.3) is 0 Å². The van der Waals surface area contributed by atoms with Crippen molar-refractivity contribution in [3.8, 4) is 0 Å². The third-order valence-corrected chi connectivity index (χ3v) is 4.19. The predicted octanol–water partition coefficient (Wildman–Crippen LogP) is 3.78. The molecule has 0 fully saturated rings. The van der Waals surface area contributed by atoms with E-state index in [0.29, 0.717) is 0 Å². The molecule has 2 atom stereocenters. The van der Waals surface area contributed by atoms with Gasteiger partial charge in [-0.1, -0.05) is 44.2 Å². The molecule has 186 valence electrons. The Morgan fingerprint density at radius 3 is 2.18 bits per heavy atom. The lowest BCUT2D eigenvalue weighted by Gasteiger charge is -2.25. The van der Waals surface area contributed by atoms with Gasteiger partial charge in [-0.25, -0.2) is 9.59 Å². The van der Waals surface area contributed by atoms with E-state index in [2.05, 4.69) is 15.4 Å². The molecule has 0 aliphatic carbocycles. The average molecular weight is 473 g/mol. The smallest absolute Gasteiger partial charge is 0.408 e. The van der Waals surface area contributed by atoms with Crippen molar-refractivity contribution in [2.24, 2.45) is 5.92 Å². The molecule has 0 saturated heterocycles. The summed E-state index contributed by atoms with van der Waals surface area (Å²) in [5.74, 6) is -1.33. The standard InChI is InChI=1S/C23H34F2N2O6/c1-15(2)13-18(20(29)32-14-16-9-7-6-8-10-16)26-19(28)17(11-12-31-21(24)25)27-22(30)33-23(3,4)5/h6-10,15,17-18,21H,11-14H2,1-5H3,(H,26,28)(H,27,30). The van der Waals surface area contributed by atoms with E-state index in [-0.39, 0.29) is 25.4 Å². The zero-order valence-electron chi connectivity index (χ0n) is 19.7. The number of esters is 1. The molecule has 0 heterocycles. The first kappa shape index (κ1) is 28.3. The number of alkyl halides is 2. The molecule has 1 rings (SSSR count). The number of amides is 2. The normalized spacial score (nSPS) is 13.4. The molecule has 10 heteroatoms. The monoisotopic (exact) mass is 472 g/mol. The van der Waals surface area contributed by atoms with E-state index >= 15 is 0 Å². The number of ether oxygens (including phenoxy) is 3. The minimum absolute atomic E-state index is 0.0337. The van der Waals surface area contributed by atoms with Gasteiger partial charge in [0, 0.05) is 6.42 Å². The number of halogens is 2. The zero-order chi connectivity index (χ0) is 25.0. The Hall–Kier alpha value is -2.75. The highest BCUT2D eigenvalue weighted by atomic mass is 19.3. The van der Waals surface area contributed by atoms with Crippen molar-refractivity contribution in [1.82, 2.24) is 10.6 Å². The van der Waals surface area contributed by atoms with Crippen LogP contribution in [0.25, 0.3) is 0 Å². The van der Waals surface area contributed by atoms with E-state index in [1.54, 1.807) is 32.9 Å². The molecule has 0 spiro atoms. The molecule has 33 heavy (non-hydrogen) atoms. The molecule has 1 aromatic carbocycles. The summed E-state index contributed by atoms with van der Waals surface area (Å²) in [5, 5.41) is 4.92. The van der Waals surface area contributed by atoms with Crippen molar-refractivity contribution < 1.29 is 37.4 Å². The minimum Gasteiger partial charge on any atom is -0.459 e. The molecular weight excluding hydrogens is 438 g/mol. The second kappa shape index (κ2) is 13.7. The highest BCUT2D eigenvalue weighted by molar-refractivity contribution is 5.89. The lowest BCUT2D eigenvalue weighted by atomic mass is 10.0. The Morgan fingerprint density at radius 2 is 1.64 bits per heavy atom. The number of nitrogens with one attached hydrogen (secondary N) is 2. The summed E-state index contributed by atoms with van der Waals surface area (Å²) < 4.78 is 39.4. The Bertz CT molecular complexity index is 753. The number of alkyl carbamates (subject to hydrolysis) is 1. The average Bonchev–Trinajstić information content (AvgIpc) is 2.69. The maximum Gasteiger partial charge on any atom is 0.408 e. The fourth-order valence-electron chi connectivity index (χ4n) is 2.78. The highest BCUT2D eigenvalue weighted by Gasteiger charge is 2.29. The predicted molar refractivity (Wildman–Crippen MR) is 117 cm³/mol. The van der Waals surface area contributed by atoms with Gasteiger partial charge in [-0.2, -0.15) is 8.78 Å². The fourth-order valence-corrected chi connectivity index (χ4v) is 2.78. The molecule has 0 aliphatic rings. The van der Waals surface area contributed by atoms with Crippen molar-refractivity contribution in [3.05, 3.63) is 35.9 Å². The van der Waals surface area contributed by atoms with Crippen LogP contribution in [-0.4, -0.2) is 48.9 Å². The van der Waals surface area contributed by atoms with Gasteiger partial charge >= 0.3 is 18.7 Å². The first-order valence-corrected chi connectivity index (χ1v) is 10.8. The molecule has 0 aliphatic heterocycles. The number of hydrogen-bond donors (Lipinski definition) is 2. The molecular formula is C23H34F2N2O6. The molecule has 0 bridgehead atoms. The SMILES string of the molecule is CC(C)CC(NC(=O)C(CCOC(F)F)NC(=O)OC(C)(C)C)C(=O)OCc1ccccc1. The van der Waals surface area contributed by atoms with Crippen LogP contribution in [0.5, 0.6) is 0 Å². The van der Waals surface area contributed by atoms with Gasteiger partial charge < -0.3 is 24.8 Å². The Morgan fingerprint density at radius 1 is 1.00 bits per heavy atom. The van der Waals surface area contributed by atoms with Gasteiger partial charge in [0.05, 0.1) is 6.61 Å². The summed E-state index contributed by atoms with van der Waals surface area (Å²) in [5.41, 5.74) is -0.0412. The summed E-state index contributed by atoms with van der Waals surface area (Å²) in [6.07, 6.45) is -0.860. The highest BCUT2D eigenvalue weighted by Crippen LogP contribution is 2.11. The van der Waals surface area contributed by atoms with E-state index in [1.807, 2.05) is 32.0 Å². The van der Waals surface area contributed by atoms with E-state index < -0.39 is 48.9 Å². The van der Waals surface area contributed by atoms with Crippen LogP contribution < -0.4 is 10.6 Å². The minimum atomic E-state index is -3.02. The van der Waals surface area contributed by atoms with Gasteiger partial charge in [0.2, 0.25) is 5.91 Å². The second-order valence-corrected chi connectivity index (χ2v) is 8.90. The van der Waals surface area contributed by atoms with E-state index in [9.17, 15) is 23.2 Å². The van der Waals surface area contributed by atoms with Gasteiger partial charge in [-0.15, -0.1) is 0 Å². The van der Waals surface area contributed by atoms with Gasteiger partial charge in [0.1, 0.15) is 24.3 Å². The van der Waals surface area contributed by atoms with Crippen molar-refractivity contribution in [2.75, 3.05) is 6.61 Å². The molecule has 0 radical (unpaired) electrons. The van der Waals surface area contributed by atoms with E-state index in [4.69, 9.17) is 9.47 Å². The quantitative estimate of drug-likeness (QED) is 0.449. The summed E-state index contributed by atoms with van der Waals surface area (Å²) >= 11 is 0. The summed E-state index contributed by atoms with van der Waals surface area (Å²) in [4.78, 5) is 37.6. The summed E-state index contributed by atoms with van der Waals surface area (Å²) in [6, 6.07) is 6.81. The number of carbonyl (C=O) groups excluding carboxylic acids is 3. The third-order valence-electron chi connectivity index (χ3n) is 4.19. The topological polar surface area (TPSA) is 103 Å². The number of carbonyl (C=O) groups is 3. The largest absolute Gasteiger partial charge is 0.459 e. The molecule has 8 nitrogen and oxygen atoms in total. The van der Waals surface area contributed by atoms with Crippen LogP contribution in [0.4, 0.5) is 13.6 Å². The zero-order valence-corrected chi connectivity index (χ0v) is 19.7. The molecule has 2 N–H and O–H groups in total. The number of rotatable bonds is 12. The number of benzene rings is 1. The van der Waals surface area contributed by atoms with Crippen LogP contribution in [0.1, 0.15) is 53.0 Å². The van der Waals surface area contributed by atoms with Crippen molar-refractivity contribution >= 4 is 18.0 Å². The Balaban J connectivity index is 2.85. The Kier molecular flexibility index (Phi) is 11.8. The molecule has 0 aromatic heterocycles. The lowest BCUT2D eigenvalue weighted by Crippen LogP contribution is -2.53. The Labute approximate surface area is 193 Å². The summed E-state index contributed by atoms with van der Waals surface area (Å²) in [6.45, 7) is 5.20. The van der Waals surface area contributed by atoms with Gasteiger partial charge in [-0.05, 0) is 38.7 Å². The van der Waals surface area contributed by atoms with Crippen LogP contribution in [0.2, 0.25) is 0 Å². The van der Waals surface area contributed by atoms with Crippen LogP contribution >= 0.6 is 0 Å². The lowest BCUT2D eigenvalue weighted by molar-refractivity contribution is -0.150. The van der Waals surface area contributed by atoms with Crippen LogP contribution in [-0.2, 0) is 30.4 Å². The van der Waals surface area contributed by atoms with Crippen LogP contribution in [0.3, 0.4) is 0 Å². The van der Waals surface area contributed by atoms with Crippen molar-refractivity contribution in [3.63, 3.8) is 0 Å². The van der Waals surface area contributed by atoms with E-state index in [0.717, 1.165) is 5.56 Å². The fraction of sp³-hybridized carbons (Fsp3) is 0.609. The van der Waals surface area contributed by atoms with Gasteiger partial charge in [0.15, 0.2) is 0 Å². The first-order valence-electron chi connectivity index (χ1n) is 10.8. The van der Waals surface area contributed by atoms with Crippen molar-refractivity contribution in [1.29, 1.82) is 0 Å². The van der Waals surface area contributed by atoms with Crippen molar-refractivity contribution in [2.45, 2.75) is 78.4 Å². The van der Waals surface area contributed by atoms with E-state index in [1.165, 1.54) is 0 Å². The van der Waals surface area contributed by atoms with Gasteiger partial charge in [-0.3, -0.25) is 4.79 Å². The maximum atomic E-state index is 12.9. The molecule has 2 unspecified atom stereocenters. The summed E-state index contributed by atoms with van der Waals surface area (Å²) in [7, 11) is 0.